The van der Waals surface area contributed by atoms with E-state index in [4.69, 9.17) is 0 Å². The van der Waals surface area contributed by atoms with Crippen LogP contribution in [0.25, 0.3) is 0 Å². The summed E-state index contributed by atoms with van der Waals surface area (Å²) < 4.78 is 13.8. The van der Waals surface area contributed by atoms with E-state index in [9.17, 15) is 14.0 Å². The molecule has 1 aromatic carbocycles. The van der Waals surface area contributed by atoms with Crippen molar-refractivity contribution < 1.29 is 14.0 Å². The Labute approximate surface area is 149 Å². The average Bonchev–Trinajstić information content (AvgIpc) is 2.47. The summed E-state index contributed by atoms with van der Waals surface area (Å²) in [6.07, 6.45) is 1.01. The molecule has 1 aromatic rings. The van der Waals surface area contributed by atoms with Gasteiger partial charge in [0.1, 0.15) is 5.82 Å². The zero-order valence-electron chi connectivity index (χ0n) is 14.7. The van der Waals surface area contributed by atoms with E-state index in [0.29, 0.717) is 18.8 Å². The third kappa shape index (κ3) is 7.27. The van der Waals surface area contributed by atoms with E-state index in [1.807, 2.05) is 0 Å². The summed E-state index contributed by atoms with van der Waals surface area (Å²) in [5, 5.41) is 8.49. The van der Waals surface area contributed by atoms with Gasteiger partial charge >= 0.3 is 0 Å². The number of carbonyl (C=O) groups is 2. The van der Waals surface area contributed by atoms with Crippen LogP contribution < -0.4 is 16.0 Å². The van der Waals surface area contributed by atoms with Gasteiger partial charge < -0.3 is 16.0 Å². The summed E-state index contributed by atoms with van der Waals surface area (Å²) in [6, 6.07) is 3.98. The lowest BCUT2D eigenvalue weighted by Gasteiger charge is -2.18. The van der Waals surface area contributed by atoms with Crippen LogP contribution in [0.1, 0.15) is 44.5 Å². The summed E-state index contributed by atoms with van der Waals surface area (Å²) in [5.41, 5.74) is -0.241. The number of anilines is 1. The molecule has 2 amide bonds. The van der Waals surface area contributed by atoms with Crippen molar-refractivity contribution in [3.8, 4) is 0 Å². The zero-order chi connectivity index (χ0) is 17.5. The Kier molecular flexibility index (Phi) is 9.55. The van der Waals surface area contributed by atoms with Gasteiger partial charge in [0.2, 0.25) is 5.91 Å². The Bertz CT molecular complexity index is 559. The van der Waals surface area contributed by atoms with E-state index >= 15 is 0 Å². The Balaban J connectivity index is 0.00000529. The van der Waals surface area contributed by atoms with Gasteiger partial charge in [0, 0.05) is 24.2 Å². The minimum atomic E-state index is -0.613. The maximum atomic E-state index is 13.8. The normalized spacial score (nSPS) is 10.7. The van der Waals surface area contributed by atoms with Crippen LogP contribution in [0.15, 0.2) is 18.2 Å². The van der Waals surface area contributed by atoms with Crippen LogP contribution in [0.5, 0.6) is 0 Å². The minimum Gasteiger partial charge on any atom is -0.351 e. The number of amides is 2. The van der Waals surface area contributed by atoms with Gasteiger partial charge in [-0.3, -0.25) is 9.59 Å². The average molecular weight is 360 g/mol. The number of hydrogen-bond acceptors (Lipinski definition) is 3. The molecule has 0 unspecified atom stereocenters. The van der Waals surface area contributed by atoms with Gasteiger partial charge in [-0.1, -0.05) is 27.7 Å². The molecular formula is C17H27ClFN3O2. The zero-order valence-corrected chi connectivity index (χ0v) is 15.5. The highest BCUT2D eigenvalue weighted by Crippen LogP contribution is 2.19. The van der Waals surface area contributed by atoms with Crippen LogP contribution in [-0.2, 0) is 4.79 Å². The Hall–Kier alpha value is -1.66. The highest BCUT2D eigenvalue weighted by molar-refractivity contribution is 5.98. The third-order valence-electron chi connectivity index (χ3n) is 3.16. The SMILES string of the molecule is CCCNCCNC(=O)c1cc(NC(=O)C(C)(C)C)ccc1F.Cl. The molecule has 0 radical (unpaired) electrons. The molecule has 0 aliphatic carbocycles. The molecule has 0 spiro atoms. The van der Waals surface area contributed by atoms with E-state index in [1.165, 1.54) is 18.2 Å². The third-order valence-corrected chi connectivity index (χ3v) is 3.16. The summed E-state index contributed by atoms with van der Waals surface area (Å²) in [7, 11) is 0. The standard InChI is InChI=1S/C17H26FN3O2.ClH/c1-5-8-19-9-10-20-15(22)13-11-12(6-7-14(13)18)21-16(23)17(2,3)4;/h6-7,11,19H,5,8-10H2,1-4H3,(H,20,22)(H,21,23);1H. The smallest absolute Gasteiger partial charge is 0.254 e. The molecule has 0 bridgehead atoms. The van der Waals surface area contributed by atoms with Crippen LogP contribution in [-0.4, -0.2) is 31.4 Å². The molecule has 7 heteroatoms. The number of nitrogens with one attached hydrogen (secondary N) is 3. The Morgan fingerprint density at radius 3 is 2.38 bits per heavy atom. The predicted octanol–water partition coefficient (Wildman–Crippen LogP) is 2.96. The predicted molar refractivity (Wildman–Crippen MR) is 97.2 cm³/mol. The van der Waals surface area contributed by atoms with Crippen LogP contribution in [0.4, 0.5) is 10.1 Å². The van der Waals surface area contributed by atoms with E-state index in [-0.39, 0.29) is 23.9 Å². The van der Waals surface area contributed by atoms with E-state index in [0.717, 1.165) is 13.0 Å². The first-order valence-corrected chi connectivity index (χ1v) is 7.85. The van der Waals surface area contributed by atoms with E-state index in [1.54, 1.807) is 20.8 Å². The highest BCUT2D eigenvalue weighted by atomic mass is 35.5. The van der Waals surface area contributed by atoms with Gasteiger partial charge in [-0.2, -0.15) is 0 Å². The Morgan fingerprint density at radius 2 is 1.79 bits per heavy atom. The van der Waals surface area contributed by atoms with Gasteiger partial charge in [-0.15, -0.1) is 12.4 Å². The van der Waals surface area contributed by atoms with Crippen molar-refractivity contribution in [3.63, 3.8) is 0 Å². The first-order chi connectivity index (χ1) is 10.8. The molecule has 5 nitrogen and oxygen atoms in total. The number of halogens is 2. The lowest BCUT2D eigenvalue weighted by atomic mass is 9.95. The first kappa shape index (κ1) is 22.3. The molecule has 0 atom stereocenters. The lowest BCUT2D eigenvalue weighted by molar-refractivity contribution is -0.123. The second-order valence-electron chi connectivity index (χ2n) is 6.40. The first-order valence-electron chi connectivity index (χ1n) is 7.85. The fourth-order valence-electron chi connectivity index (χ4n) is 1.76. The fourth-order valence-corrected chi connectivity index (χ4v) is 1.76. The molecule has 0 fully saturated rings. The molecule has 136 valence electrons. The van der Waals surface area contributed by atoms with Crippen LogP contribution in [0.3, 0.4) is 0 Å². The fraction of sp³-hybridized carbons (Fsp3) is 0.529. The van der Waals surface area contributed by atoms with E-state index < -0.39 is 17.1 Å². The molecule has 0 heterocycles. The van der Waals surface area contributed by atoms with Gasteiger partial charge in [0.15, 0.2) is 0 Å². The Morgan fingerprint density at radius 1 is 1.12 bits per heavy atom. The largest absolute Gasteiger partial charge is 0.351 e. The minimum absolute atomic E-state index is 0. The summed E-state index contributed by atoms with van der Waals surface area (Å²) in [5.74, 6) is -1.30. The molecule has 0 saturated heterocycles. The monoisotopic (exact) mass is 359 g/mol. The van der Waals surface area contributed by atoms with Crippen molar-refractivity contribution in [3.05, 3.63) is 29.6 Å². The van der Waals surface area contributed by atoms with Gasteiger partial charge in [-0.25, -0.2) is 4.39 Å². The molecule has 3 N–H and O–H groups in total. The lowest BCUT2D eigenvalue weighted by Crippen LogP contribution is -2.32. The number of hydrogen-bond donors (Lipinski definition) is 3. The van der Waals surface area contributed by atoms with Crippen molar-refractivity contribution in [1.82, 2.24) is 10.6 Å². The van der Waals surface area contributed by atoms with Crippen LogP contribution >= 0.6 is 12.4 Å². The second kappa shape index (κ2) is 10.3. The molecular weight excluding hydrogens is 333 g/mol. The maximum Gasteiger partial charge on any atom is 0.254 e. The number of rotatable bonds is 7. The van der Waals surface area contributed by atoms with Crippen molar-refractivity contribution in [1.29, 1.82) is 0 Å². The molecule has 0 saturated carbocycles. The van der Waals surface area contributed by atoms with Crippen molar-refractivity contribution >= 4 is 29.9 Å². The van der Waals surface area contributed by atoms with Gasteiger partial charge in [0.25, 0.3) is 5.91 Å². The topological polar surface area (TPSA) is 70.2 Å². The van der Waals surface area contributed by atoms with Crippen molar-refractivity contribution in [2.45, 2.75) is 34.1 Å². The summed E-state index contributed by atoms with van der Waals surface area (Å²) in [6.45, 7) is 9.31. The molecule has 0 aromatic heterocycles. The van der Waals surface area contributed by atoms with Gasteiger partial charge in [-0.05, 0) is 31.2 Å². The maximum absolute atomic E-state index is 13.8. The molecule has 24 heavy (non-hydrogen) atoms. The summed E-state index contributed by atoms with van der Waals surface area (Å²) >= 11 is 0. The molecule has 0 aliphatic heterocycles. The molecule has 0 aliphatic rings. The van der Waals surface area contributed by atoms with Crippen LogP contribution in [0, 0.1) is 11.2 Å². The van der Waals surface area contributed by atoms with Gasteiger partial charge in [0.05, 0.1) is 5.56 Å². The van der Waals surface area contributed by atoms with Crippen molar-refractivity contribution in [2.24, 2.45) is 5.41 Å². The molecule has 1 rings (SSSR count). The number of benzene rings is 1. The van der Waals surface area contributed by atoms with Crippen LogP contribution in [0.2, 0.25) is 0 Å². The number of carbonyl (C=O) groups excluding carboxylic acids is 2. The quantitative estimate of drug-likeness (QED) is 0.655. The van der Waals surface area contributed by atoms with E-state index in [2.05, 4.69) is 22.9 Å². The summed E-state index contributed by atoms with van der Waals surface area (Å²) in [4.78, 5) is 24.0. The highest BCUT2D eigenvalue weighted by Gasteiger charge is 2.22. The van der Waals surface area contributed by atoms with Crippen molar-refractivity contribution in [2.75, 3.05) is 25.0 Å². The second-order valence-corrected chi connectivity index (χ2v) is 6.40.